The van der Waals surface area contributed by atoms with E-state index in [4.69, 9.17) is 10.2 Å². The Labute approximate surface area is 88.6 Å². The molecule has 4 heteroatoms. The first-order chi connectivity index (χ1) is 7.16. The van der Waals surface area contributed by atoms with Crippen molar-refractivity contribution in [2.45, 2.75) is 13.3 Å². The SMILES string of the molecule is Cc1cccc(C(=O)O)c1NCCCO. The van der Waals surface area contributed by atoms with Crippen LogP contribution in [0.15, 0.2) is 18.2 Å². The molecule has 0 radical (unpaired) electrons. The lowest BCUT2D eigenvalue weighted by Gasteiger charge is -2.11. The topological polar surface area (TPSA) is 69.6 Å². The molecule has 0 aliphatic rings. The maximum Gasteiger partial charge on any atom is 0.337 e. The molecule has 0 unspecified atom stereocenters. The molecule has 0 bridgehead atoms. The van der Waals surface area contributed by atoms with E-state index in [9.17, 15) is 4.79 Å². The third-order valence-corrected chi connectivity index (χ3v) is 2.14. The van der Waals surface area contributed by atoms with Gasteiger partial charge >= 0.3 is 5.97 Å². The highest BCUT2D eigenvalue weighted by Gasteiger charge is 2.10. The molecule has 0 heterocycles. The van der Waals surface area contributed by atoms with Crippen molar-refractivity contribution < 1.29 is 15.0 Å². The zero-order valence-corrected chi connectivity index (χ0v) is 8.66. The molecule has 1 aromatic rings. The standard InChI is InChI=1S/C11H15NO3/c1-8-4-2-5-9(11(14)15)10(8)12-6-3-7-13/h2,4-5,12-13H,3,6-7H2,1H3,(H,14,15). The van der Waals surface area contributed by atoms with Crippen molar-refractivity contribution in [3.63, 3.8) is 0 Å². The van der Waals surface area contributed by atoms with E-state index in [0.29, 0.717) is 18.7 Å². The number of carboxylic acid groups (broad SMARTS) is 1. The van der Waals surface area contributed by atoms with Gasteiger partial charge in [-0.3, -0.25) is 0 Å². The van der Waals surface area contributed by atoms with Crippen LogP contribution in [0.1, 0.15) is 22.3 Å². The van der Waals surface area contributed by atoms with Crippen LogP contribution in [0.3, 0.4) is 0 Å². The van der Waals surface area contributed by atoms with Crippen LogP contribution in [0.5, 0.6) is 0 Å². The number of anilines is 1. The van der Waals surface area contributed by atoms with Crippen LogP contribution < -0.4 is 5.32 Å². The molecule has 1 aromatic carbocycles. The van der Waals surface area contributed by atoms with Gasteiger partial charge in [-0.2, -0.15) is 0 Å². The summed E-state index contributed by atoms with van der Waals surface area (Å²) >= 11 is 0. The van der Waals surface area contributed by atoms with Gasteiger partial charge in [0.2, 0.25) is 0 Å². The van der Waals surface area contributed by atoms with Crippen LogP contribution in [0, 0.1) is 6.92 Å². The summed E-state index contributed by atoms with van der Waals surface area (Å²) in [5, 5.41) is 20.6. The summed E-state index contributed by atoms with van der Waals surface area (Å²) in [5.74, 6) is -0.940. The Morgan fingerprint density at radius 1 is 1.47 bits per heavy atom. The van der Waals surface area contributed by atoms with E-state index in [2.05, 4.69) is 5.32 Å². The Kier molecular flexibility index (Phi) is 4.12. The zero-order chi connectivity index (χ0) is 11.3. The summed E-state index contributed by atoms with van der Waals surface area (Å²) in [6.45, 7) is 2.52. The second kappa shape index (κ2) is 5.36. The molecule has 4 nitrogen and oxygen atoms in total. The predicted octanol–water partition coefficient (Wildman–Crippen LogP) is 1.49. The first-order valence-electron chi connectivity index (χ1n) is 4.84. The average Bonchev–Trinajstić information content (AvgIpc) is 2.20. The number of benzene rings is 1. The van der Waals surface area contributed by atoms with Gasteiger partial charge in [0.15, 0.2) is 0 Å². The highest BCUT2D eigenvalue weighted by atomic mass is 16.4. The molecule has 82 valence electrons. The highest BCUT2D eigenvalue weighted by Crippen LogP contribution is 2.20. The van der Waals surface area contributed by atoms with Gasteiger partial charge in [-0.25, -0.2) is 4.79 Å². The Morgan fingerprint density at radius 3 is 2.80 bits per heavy atom. The molecule has 0 atom stereocenters. The Morgan fingerprint density at radius 2 is 2.20 bits per heavy atom. The van der Waals surface area contributed by atoms with E-state index in [-0.39, 0.29) is 12.2 Å². The Bertz CT molecular complexity index is 350. The quantitative estimate of drug-likeness (QED) is 0.642. The monoisotopic (exact) mass is 209 g/mol. The molecular formula is C11H15NO3. The van der Waals surface area contributed by atoms with Crippen LogP contribution >= 0.6 is 0 Å². The van der Waals surface area contributed by atoms with Crippen molar-refractivity contribution in [3.8, 4) is 0 Å². The Hall–Kier alpha value is -1.55. The van der Waals surface area contributed by atoms with Crippen LogP contribution in [-0.4, -0.2) is 29.3 Å². The number of aliphatic hydroxyl groups excluding tert-OH is 1. The van der Waals surface area contributed by atoms with Gasteiger partial charge < -0.3 is 15.5 Å². The molecule has 3 N–H and O–H groups in total. The van der Waals surface area contributed by atoms with Crippen molar-refractivity contribution in [2.24, 2.45) is 0 Å². The number of carbonyl (C=O) groups is 1. The van der Waals surface area contributed by atoms with Gasteiger partial charge in [-0.15, -0.1) is 0 Å². The molecule has 0 spiro atoms. The molecule has 0 fully saturated rings. The predicted molar refractivity (Wildman–Crippen MR) is 58.3 cm³/mol. The van der Waals surface area contributed by atoms with E-state index in [1.54, 1.807) is 12.1 Å². The smallest absolute Gasteiger partial charge is 0.337 e. The van der Waals surface area contributed by atoms with Gasteiger partial charge in [-0.05, 0) is 25.0 Å². The largest absolute Gasteiger partial charge is 0.478 e. The van der Waals surface area contributed by atoms with Gasteiger partial charge in [0.1, 0.15) is 0 Å². The van der Waals surface area contributed by atoms with Gasteiger partial charge in [0.05, 0.1) is 11.3 Å². The van der Waals surface area contributed by atoms with Crippen LogP contribution in [-0.2, 0) is 0 Å². The number of aromatic carboxylic acids is 1. The van der Waals surface area contributed by atoms with E-state index in [0.717, 1.165) is 5.56 Å². The zero-order valence-electron chi connectivity index (χ0n) is 8.66. The van der Waals surface area contributed by atoms with Crippen molar-refractivity contribution in [1.82, 2.24) is 0 Å². The number of hydrogen-bond acceptors (Lipinski definition) is 3. The molecule has 0 saturated carbocycles. The fourth-order valence-corrected chi connectivity index (χ4v) is 1.37. The molecular weight excluding hydrogens is 194 g/mol. The molecule has 1 rings (SSSR count). The lowest BCUT2D eigenvalue weighted by atomic mass is 10.1. The summed E-state index contributed by atoms with van der Waals surface area (Å²) in [4.78, 5) is 10.9. The lowest BCUT2D eigenvalue weighted by molar-refractivity contribution is 0.0698. The third kappa shape index (κ3) is 2.95. The molecule has 0 aromatic heterocycles. The number of hydrogen-bond donors (Lipinski definition) is 3. The van der Waals surface area contributed by atoms with Crippen molar-refractivity contribution in [1.29, 1.82) is 0 Å². The normalized spacial score (nSPS) is 10.0. The van der Waals surface area contributed by atoms with E-state index >= 15 is 0 Å². The number of aliphatic hydroxyl groups is 1. The summed E-state index contributed by atoms with van der Waals surface area (Å²) in [6.07, 6.45) is 0.605. The molecule has 0 aliphatic heterocycles. The number of rotatable bonds is 5. The second-order valence-electron chi connectivity index (χ2n) is 3.31. The summed E-state index contributed by atoms with van der Waals surface area (Å²) in [7, 11) is 0. The minimum atomic E-state index is -0.940. The number of carboxylic acids is 1. The van der Waals surface area contributed by atoms with Crippen LogP contribution in [0.4, 0.5) is 5.69 Å². The van der Waals surface area contributed by atoms with Gasteiger partial charge in [-0.1, -0.05) is 12.1 Å². The van der Waals surface area contributed by atoms with Gasteiger partial charge in [0, 0.05) is 13.2 Å². The minimum Gasteiger partial charge on any atom is -0.478 e. The second-order valence-corrected chi connectivity index (χ2v) is 3.31. The minimum absolute atomic E-state index is 0.0985. The van der Waals surface area contributed by atoms with Crippen molar-refractivity contribution in [2.75, 3.05) is 18.5 Å². The molecule has 0 saturated heterocycles. The van der Waals surface area contributed by atoms with E-state index in [1.165, 1.54) is 0 Å². The summed E-state index contributed by atoms with van der Waals surface area (Å²) in [5.41, 5.74) is 1.80. The van der Waals surface area contributed by atoms with Gasteiger partial charge in [0.25, 0.3) is 0 Å². The van der Waals surface area contributed by atoms with Crippen molar-refractivity contribution in [3.05, 3.63) is 29.3 Å². The first-order valence-corrected chi connectivity index (χ1v) is 4.84. The molecule has 0 amide bonds. The third-order valence-electron chi connectivity index (χ3n) is 2.14. The maximum atomic E-state index is 10.9. The lowest BCUT2D eigenvalue weighted by Crippen LogP contribution is -2.10. The number of para-hydroxylation sites is 1. The maximum absolute atomic E-state index is 10.9. The summed E-state index contributed by atoms with van der Waals surface area (Å²) in [6, 6.07) is 5.14. The van der Waals surface area contributed by atoms with Crippen molar-refractivity contribution >= 4 is 11.7 Å². The van der Waals surface area contributed by atoms with Crippen LogP contribution in [0.25, 0.3) is 0 Å². The number of nitrogens with one attached hydrogen (secondary N) is 1. The fraction of sp³-hybridized carbons (Fsp3) is 0.364. The Balaban J connectivity index is 2.87. The average molecular weight is 209 g/mol. The van der Waals surface area contributed by atoms with Crippen LogP contribution in [0.2, 0.25) is 0 Å². The first kappa shape index (κ1) is 11.5. The van der Waals surface area contributed by atoms with E-state index in [1.807, 2.05) is 13.0 Å². The fourth-order valence-electron chi connectivity index (χ4n) is 1.37. The highest BCUT2D eigenvalue weighted by molar-refractivity contribution is 5.95. The number of aryl methyl sites for hydroxylation is 1. The van der Waals surface area contributed by atoms with E-state index < -0.39 is 5.97 Å². The molecule has 15 heavy (non-hydrogen) atoms. The summed E-state index contributed by atoms with van der Waals surface area (Å²) < 4.78 is 0. The molecule has 0 aliphatic carbocycles.